The maximum atomic E-state index is 11.4. The fourth-order valence-electron chi connectivity index (χ4n) is 3.09. The third kappa shape index (κ3) is 6.92. The highest BCUT2D eigenvalue weighted by molar-refractivity contribution is 7.46. The van der Waals surface area contributed by atoms with Crippen molar-refractivity contribution in [2.45, 2.75) is 61.4 Å². The predicted octanol–water partition coefficient (Wildman–Crippen LogP) is -5.16. The van der Waals surface area contributed by atoms with Crippen molar-refractivity contribution >= 4 is 15.6 Å². The van der Waals surface area contributed by atoms with Crippen molar-refractivity contribution in [1.82, 2.24) is 0 Å². The first-order valence-electron chi connectivity index (χ1n) is 8.56. The van der Waals surface area contributed by atoms with Crippen LogP contribution in [0.3, 0.4) is 0 Å². The molecule has 19 heteroatoms. The molecule has 10 N–H and O–H groups in total. The van der Waals surface area contributed by atoms with Crippen molar-refractivity contribution in [3.05, 3.63) is 0 Å². The van der Waals surface area contributed by atoms with E-state index >= 15 is 0 Å². The first kappa shape index (κ1) is 27.1. The zero-order chi connectivity index (χ0) is 23.7. The molecule has 0 aromatic carbocycles. The summed E-state index contributed by atoms with van der Waals surface area (Å²) < 4.78 is 46.7. The Morgan fingerprint density at radius 2 is 1.19 bits per heavy atom. The molecule has 17 nitrogen and oxygen atoms in total. The van der Waals surface area contributed by atoms with Gasteiger partial charge in [0.25, 0.3) is 0 Å². The van der Waals surface area contributed by atoms with E-state index < -0.39 is 90.3 Å². The van der Waals surface area contributed by atoms with E-state index in [9.17, 15) is 49.6 Å². The SMILES string of the molecule is O=P(O)(O)O[C@@H]1[C@@H](O[C@@H]2O[C@H](CO)[C@H](O)[C@H](O)[C@H]2O)[C@H](O)O[C@H](CO)[C@@H]1OP(=O)(O)O. The molecule has 0 radical (unpaired) electrons. The number of phosphoric acid groups is 2. The first-order valence-corrected chi connectivity index (χ1v) is 11.6. The van der Waals surface area contributed by atoms with Crippen LogP contribution in [0.25, 0.3) is 0 Å². The van der Waals surface area contributed by atoms with Gasteiger partial charge in [-0.15, -0.1) is 0 Å². The molecule has 2 aliphatic heterocycles. The summed E-state index contributed by atoms with van der Waals surface area (Å²) in [4.78, 5) is 36.5. The Morgan fingerprint density at radius 3 is 1.68 bits per heavy atom. The molecule has 0 aromatic rings. The van der Waals surface area contributed by atoms with Gasteiger partial charge in [-0.1, -0.05) is 0 Å². The van der Waals surface area contributed by atoms with Gasteiger partial charge in [-0.3, -0.25) is 9.05 Å². The topological polar surface area (TPSA) is 283 Å². The number of aliphatic hydroxyl groups excluding tert-OH is 6. The molecule has 2 rings (SSSR count). The molecular weight excluding hydrogens is 478 g/mol. The van der Waals surface area contributed by atoms with E-state index in [2.05, 4.69) is 9.05 Å². The number of ether oxygens (including phenoxy) is 3. The number of aliphatic hydroxyl groups is 6. The number of phosphoric ester groups is 2. The predicted molar refractivity (Wildman–Crippen MR) is 90.4 cm³/mol. The van der Waals surface area contributed by atoms with Crippen LogP contribution in [0.1, 0.15) is 0 Å². The van der Waals surface area contributed by atoms with E-state index in [1.807, 2.05) is 0 Å². The monoisotopic (exact) mass is 502 g/mol. The molecule has 2 fully saturated rings. The van der Waals surface area contributed by atoms with Crippen LogP contribution in [0.4, 0.5) is 0 Å². The Balaban J connectivity index is 2.37. The average molecular weight is 502 g/mol. The number of rotatable bonds is 8. The van der Waals surface area contributed by atoms with Crippen molar-refractivity contribution in [2.75, 3.05) is 13.2 Å². The van der Waals surface area contributed by atoms with E-state index in [-0.39, 0.29) is 0 Å². The minimum absolute atomic E-state index is 0.854. The lowest BCUT2D eigenvalue weighted by molar-refractivity contribution is -0.359. The van der Waals surface area contributed by atoms with Gasteiger partial charge >= 0.3 is 15.6 Å². The largest absolute Gasteiger partial charge is 0.470 e. The van der Waals surface area contributed by atoms with Crippen LogP contribution in [0.15, 0.2) is 0 Å². The van der Waals surface area contributed by atoms with Crippen LogP contribution in [-0.4, -0.2) is 125 Å². The van der Waals surface area contributed by atoms with Crippen molar-refractivity contribution in [3.63, 3.8) is 0 Å². The van der Waals surface area contributed by atoms with Crippen LogP contribution >= 0.6 is 15.6 Å². The minimum atomic E-state index is -5.44. The Hall–Kier alpha value is -0.140. The lowest BCUT2D eigenvalue weighted by Crippen LogP contribution is -2.64. The molecule has 0 aromatic heterocycles. The van der Waals surface area contributed by atoms with Crippen LogP contribution in [0.5, 0.6) is 0 Å². The molecule has 0 aliphatic carbocycles. The standard InChI is InChI=1S/C12H24O17P2/c13-1-3-5(15)6(16)7(17)12(26-3)27-10-9(29-31(22,23)24)8(28-30(19,20)21)4(2-14)25-11(10)18/h3-18H,1-2H2,(H2,19,20,21)(H2,22,23,24)/t3-,4-,5+,6+,7-,8+,9+,10-,11-,12+/m1/s1. The van der Waals surface area contributed by atoms with Crippen LogP contribution in [0.2, 0.25) is 0 Å². The summed E-state index contributed by atoms with van der Waals surface area (Å²) in [5.74, 6) is 0. The summed E-state index contributed by atoms with van der Waals surface area (Å²) in [5, 5.41) is 58.4. The lowest BCUT2D eigenvalue weighted by Gasteiger charge is -2.46. The Labute approximate surface area is 173 Å². The number of hydrogen-bond donors (Lipinski definition) is 10. The van der Waals surface area contributed by atoms with E-state index in [0.717, 1.165) is 0 Å². The molecular formula is C12H24O17P2. The molecule has 0 spiro atoms. The van der Waals surface area contributed by atoms with Crippen molar-refractivity contribution in [1.29, 1.82) is 0 Å². The molecule has 0 unspecified atom stereocenters. The first-order chi connectivity index (χ1) is 14.2. The highest BCUT2D eigenvalue weighted by Gasteiger charge is 2.54. The molecule has 0 amide bonds. The quantitative estimate of drug-likeness (QED) is 0.139. The van der Waals surface area contributed by atoms with E-state index in [1.54, 1.807) is 0 Å². The molecule has 2 saturated heterocycles. The van der Waals surface area contributed by atoms with Crippen molar-refractivity contribution in [3.8, 4) is 0 Å². The molecule has 31 heavy (non-hydrogen) atoms. The van der Waals surface area contributed by atoms with E-state index in [0.29, 0.717) is 0 Å². The summed E-state index contributed by atoms with van der Waals surface area (Å²) in [7, 11) is -10.8. The zero-order valence-electron chi connectivity index (χ0n) is 15.4. The fourth-order valence-corrected chi connectivity index (χ4v) is 4.22. The lowest BCUT2D eigenvalue weighted by atomic mass is 9.97. The van der Waals surface area contributed by atoms with Crippen molar-refractivity contribution < 1.29 is 82.6 Å². The maximum absolute atomic E-state index is 11.4. The highest BCUT2D eigenvalue weighted by Crippen LogP contribution is 2.47. The summed E-state index contributed by atoms with van der Waals surface area (Å²) in [6.07, 6.45) is -19.5. The smallest absolute Gasteiger partial charge is 0.394 e. The summed E-state index contributed by atoms with van der Waals surface area (Å²) >= 11 is 0. The van der Waals surface area contributed by atoms with Crippen LogP contribution in [0, 0.1) is 0 Å². The second-order valence-electron chi connectivity index (χ2n) is 6.67. The Morgan fingerprint density at radius 1 is 0.677 bits per heavy atom. The summed E-state index contributed by atoms with van der Waals surface area (Å²) in [5.41, 5.74) is 0. The molecule has 0 bridgehead atoms. The van der Waals surface area contributed by atoms with Gasteiger partial charge in [-0.05, 0) is 0 Å². The van der Waals surface area contributed by atoms with E-state index in [4.69, 9.17) is 24.0 Å². The van der Waals surface area contributed by atoms with Gasteiger partial charge in [-0.2, -0.15) is 0 Å². The maximum Gasteiger partial charge on any atom is 0.470 e. The van der Waals surface area contributed by atoms with Gasteiger partial charge in [0.15, 0.2) is 12.6 Å². The van der Waals surface area contributed by atoms with Crippen molar-refractivity contribution in [2.24, 2.45) is 0 Å². The van der Waals surface area contributed by atoms with Gasteiger partial charge in [-0.25, -0.2) is 9.13 Å². The van der Waals surface area contributed by atoms with Crippen LogP contribution < -0.4 is 0 Å². The summed E-state index contributed by atoms with van der Waals surface area (Å²) in [6, 6.07) is 0. The molecule has 2 heterocycles. The molecule has 0 saturated carbocycles. The van der Waals surface area contributed by atoms with Crippen LogP contribution in [-0.2, 0) is 32.4 Å². The minimum Gasteiger partial charge on any atom is -0.394 e. The Bertz CT molecular complexity index is 678. The zero-order valence-corrected chi connectivity index (χ0v) is 17.2. The van der Waals surface area contributed by atoms with E-state index in [1.165, 1.54) is 0 Å². The second-order valence-corrected chi connectivity index (χ2v) is 9.05. The third-order valence-electron chi connectivity index (χ3n) is 4.45. The second kappa shape index (κ2) is 10.4. The fraction of sp³-hybridized carbons (Fsp3) is 1.00. The van der Waals surface area contributed by atoms with Gasteiger partial charge in [0.1, 0.15) is 48.8 Å². The Kier molecular flexibility index (Phi) is 9.11. The summed E-state index contributed by atoms with van der Waals surface area (Å²) in [6.45, 7) is -1.90. The van der Waals surface area contributed by atoms with Gasteiger partial charge in [0, 0.05) is 0 Å². The molecule has 10 atom stereocenters. The van der Waals surface area contributed by atoms with Gasteiger partial charge < -0.3 is 64.4 Å². The van der Waals surface area contributed by atoms with Gasteiger partial charge in [0.2, 0.25) is 0 Å². The average Bonchev–Trinajstić information content (AvgIpc) is 2.64. The van der Waals surface area contributed by atoms with Gasteiger partial charge in [0.05, 0.1) is 13.2 Å². The normalized spacial score (nSPS) is 42.5. The highest BCUT2D eigenvalue weighted by atomic mass is 31.2. The third-order valence-corrected chi connectivity index (χ3v) is 5.48. The molecule has 184 valence electrons. The molecule has 2 aliphatic rings. The number of hydrogen-bond acceptors (Lipinski definition) is 13.